The topological polar surface area (TPSA) is 23.6 Å². The molecule has 1 amide bonds. The Morgan fingerprint density at radius 2 is 1.95 bits per heavy atom. The van der Waals surface area contributed by atoms with Crippen molar-refractivity contribution in [1.82, 2.24) is 9.80 Å². The summed E-state index contributed by atoms with van der Waals surface area (Å²) in [5, 5.41) is 2.13. The highest BCUT2D eigenvalue weighted by atomic mass is 32.1. The summed E-state index contributed by atoms with van der Waals surface area (Å²) in [7, 11) is 0. The maximum absolute atomic E-state index is 12.0. The van der Waals surface area contributed by atoms with E-state index in [4.69, 9.17) is 0 Å². The molecule has 1 fully saturated rings. The van der Waals surface area contributed by atoms with E-state index in [-0.39, 0.29) is 0 Å². The number of hydrogen-bond donors (Lipinski definition) is 0. The molecule has 1 aromatic rings. The SMILES string of the molecule is CC(C)CC(=O)N1CCN(C(C)c2cccs2)CC1. The van der Waals surface area contributed by atoms with Crippen LogP contribution in [0.5, 0.6) is 0 Å². The molecular weight excluding hydrogens is 256 g/mol. The average Bonchev–Trinajstić information content (AvgIpc) is 2.91. The highest BCUT2D eigenvalue weighted by Gasteiger charge is 2.25. The molecular formula is C15H24N2OS. The summed E-state index contributed by atoms with van der Waals surface area (Å²) in [6.45, 7) is 10.2. The number of piperazine rings is 1. The van der Waals surface area contributed by atoms with E-state index >= 15 is 0 Å². The molecule has 0 spiro atoms. The molecule has 1 saturated heterocycles. The first-order chi connectivity index (χ1) is 9.08. The van der Waals surface area contributed by atoms with Crippen LogP contribution < -0.4 is 0 Å². The normalized spacial score (nSPS) is 18.8. The van der Waals surface area contributed by atoms with Gasteiger partial charge in [-0.1, -0.05) is 19.9 Å². The van der Waals surface area contributed by atoms with Gasteiger partial charge in [-0.25, -0.2) is 0 Å². The van der Waals surface area contributed by atoms with E-state index in [1.165, 1.54) is 4.88 Å². The summed E-state index contributed by atoms with van der Waals surface area (Å²) in [4.78, 5) is 17.9. The molecule has 0 bridgehead atoms. The molecule has 0 N–H and O–H groups in total. The van der Waals surface area contributed by atoms with Crippen molar-refractivity contribution in [2.45, 2.75) is 33.2 Å². The van der Waals surface area contributed by atoms with Crippen molar-refractivity contribution in [3.8, 4) is 0 Å². The van der Waals surface area contributed by atoms with Gasteiger partial charge in [-0.2, -0.15) is 0 Å². The van der Waals surface area contributed by atoms with E-state index < -0.39 is 0 Å². The minimum atomic E-state index is 0.318. The van der Waals surface area contributed by atoms with Crippen molar-refractivity contribution in [2.24, 2.45) is 5.92 Å². The molecule has 1 aliphatic heterocycles. The van der Waals surface area contributed by atoms with Gasteiger partial charge in [0.05, 0.1) is 0 Å². The van der Waals surface area contributed by atoms with Gasteiger partial charge in [0.2, 0.25) is 5.91 Å². The summed E-state index contributed by atoms with van der Waals surface area (Å²) in [5.74, 6) is 0.772. The van der Waals surface area contributed by atoms with Gasteiger partial charge in [-0.05, 0) is 24.3 Å². The number of rotatable bonds is 4. The smallest absolute Gasteiger partial charge is 0.222 e. The third kappa shape index (κ3) is 3.80. The molecule has 4 heteroatoms. The predicted molar refractivity (Wildman–Crippen MR) is 80.3 cm³/mol. The molecule has 19 heavy (non-hydrogen) atoms. The van der Waals surface area contributed by atoms with Gasteiger partial charge in [0.1, 0.15) is 0 Å². The second kappa shape index (κ2) is 6.53. The summed E-state index contributed by atoms with van der Waals surface area (Å²) in [6, 6.07) is 4.78. The van der Waals surface area contributed by atoms with Crippen LogP contribution >= 0.6 is 11.3 Å². The van der Waals surface area contributed by atoms with Gasteiger partial charge in [-0.15, -0.1) is 11.3 Å². The number of thiophene rings is 1. The summed E-state index contributed by atoms with van der Waals surface area (Å²) < 4.78 is 0. The van der Waals surface area contributed by atoms with E-state index in [0.717, 1.165) is 26.2 Å². The lowest BCUT2D eigenvalue weighted by molar-refractivity contribution is -0.134. The first kappa shape index (κ1) is 14.5. The largest absolute Gasteiger partial charge is 0.340 e. The standard InChI is InChI=1S/C15H24N2OS/c1-12(2)11-15(18)17-8-6-16(7-9-17)13(3)14-5-4-10-19-14/h4-5,10,12-13H,6-9,11H2,1-3H3. The van der Waals surface area contributed by atoms with Gasteiger partial charge >= 0.3 is 0 Å². The van der Waals surface area contributed by atoms with E-state index in [2.05, 4.69) is 43.2 Å². The fraction of sp³-hybridized carbons (Fsp3) is 0.667. The van der Waals surface area contributed by atoms with Crippen molar-refractivity contribution in [1.29, 1.82) is 0 Å². The molecule has 0 aromatic carbocycles. The third-order valence-corrected chi connectivity index (χ3v) is 4.80. The highest BCUT2D eigenvalue weighted by molar-refractivity contribution is 7.10. The lowest BCUT2D eigenvalue weighted by atomic mass is 10.1. The van der Waals surface area contributed by atoms with Crippen LogP contribution in [0.3, 0.4) is 0 Å². The zero-order valence-corrected chi connectivity index (χ0v) is 12.9. The minimum absolute atomic E-state index is 0.318. The maximum atomic E-state index is 12.0. The zero-order chi connectivity index (χ0) is 13.8. The van der Waals surface area contributed by atoms with Crippen LogP contribution in [0, 0.1) is 5.92 Å². The highest BCUT2D eigenvalue weighted by Crippen LogP contribution is 2.25. The molecule has 0 saturated carbocycles. The summed E-state index contributed by atoms with van der Waals surface area (Å²) in [6.07, 6.45) is 0.681. The van der Waals surface area contributed by atoms with Crippen LogP contribution in [0.2, 0.25) is 0 Å². The number of nitrogens with zero attached hydrogens (tertiary/aromatic N) is 2. The first-order valence-corrected chi connectivity index (χ1v) is 8.01. The van der Waals surface area contributed by atoms with Crippen molar-refractivity contribution in [3.63, 3.8) is 0 Å². The summed E-state index contributed by atoms with van der Waals surface area (Å²) >= 11 is 1.82. The van der Waals surface area contributed by atoms with E-state index in [9.17, 15) is 4.79 Å². The molecule has 106 valence electrons. The van der Waals surface area contributed by atoms with Crippen LogP contribution in [0.1, 0.15) is 38.1 Å². The van der Waals surface area contributed by atoms with Crippen LogP contribution in [0.25, 0.3) is 0 Å². The Kier molecular flexibility index (Phi) is 4.99. The first-order valence-electron chi connectivity index (χ1n) is 7.13. The fourth-order valence-corrected chi connectivity index (χ4v) is 3.36. The van der Waals surface area contributed by atoms with Crippen LogP contribution in [0.4, 0.5) is 0 Å². The lowest BCUT2D eigenvalue weighted by Crippen LogP contribution is -2.49. The Morgan fingerprint density at radius 3 is 2.47 bits per heavy atom. The monoisotopic (exact) mass is 280 g/mol. The molecule has 2 rings (SSSR count). The second-order valence-corrected chi connectivity index (χ2v) is 6.69. The summed E-state index contributed by atoms with van der Waals surface area (Å²) in [5.41, 5.74) is 0. The Hall–Kier alpha value is -0.870. The Balaban J connectivity index is 1.84. The van der Waals surface area contributed by atoms with Crippen molar-refractivity contribution < 1.29 is 4.79 Å². The molecule has 1 aliphatic rings. The van der Waals surface area contributed by atoms with E-state index in [1.54, 1.807) is 0 Å². The predicted octanol–water partition coefficient (Wildman–Crippen LogP) is 3.00. The lowest BCUT2D eigenvalue weighted by Gasteiger charge is -2.38. The van der Waals surface area contributed by atoms with Crippen LogP contribution in [-0.4, -0.2) is 41.9 Å². The van der Waals surface area contributed by atoms with Crippen LogP contribution in [-0.2, 0) is 4.79 Å². The molecule has 1 atom stereocenters. The minimum Gasteiger partial charge on any atom is -0.340 e. The Morgan fingerprint density at radius 1 is 1.26 bits per heavy atom. The van der Waals surface area contributed by atoms with Crippen molar-refractivity contribution in [2.75, 3.05) is 26.2 Å². The molecule has 0 radical (unpaired) electrons. The van der Waals surface area contributed by atoms with Gasteiger partial charge in [0, 0.05) is 43.5 Å². The number of carbonyl (C=O) groups is 1. The number of hydrogen-bond acceptors (Lipinski definition) is 3. The molecule has 2 heterocycles. The van der Waals surface area contributed by atoms with Gasteiger partial charge in [0.25, 0.3) is 0 Å². The molecule has 1 aromatic heterocycles. The Labute approximate surface area is 120 Å². The van der Waals surface area contributed by atoms with E-state index in [1.807, 2.05) is 16.2 Å². The number of carbonyl (C=O) groups excluding carboxylic acids is 1. The van der Waals surface area contributed by atoms with Gasteiger partial charge in [0.15, 0.2) is 0 Å². The molecule has 0 aliphatic carbocycles. The van der Waals surface area contributed by atoms with Gasteiger partial charge in [-0.3, -0.25) is 9.69 Å². The molecule has 1 unspecified atom stereocenters. The Bertz CT molecular complexity index is 394. The maximum Gasteiger partial charge on any atom is 0.222 e. The van der Waals surface area contributed by atoms with Crippen molar-refractivity contribution >= 4 is 17.2 Å². The van der Waals surface area contributed by atoms with E-state index in [0.29, 0.717) is 24.3 Å². The quantitative estimate of drug-likeness (QED) is 0.846. The van der Waals surface area contributed by atoms with Crippen molar-refractivity contribution in [3.05, 3.63) is 22.4 Å². The second-order valence-electron chi connectivity index (χ2n) is 5.71. The number of amides is 1. The van der Waals surface area contributed by atoms with Crippen LogP contribution in [0.15, 0.2) is 17.5 Å². The van der Waals surface area contributed by atoms with Gasteiger partial charge < -0.3 is 4.90 Å². The third-order valence-electron chi connectivity index (χ3n) is 3.75. The zero-order valence-electron chi connectivity index (χ0n) is 12.1. The fourth-order valence-electron chi connectivity index (χ4n) is 2.55. The molecule has 3 nitrogen and oxygen atoms in total. The average molecular weight is 280 g/mol.